The lowest BCUT2D eigenvalue weighted by Gasteiger charge is -2.41. The molecule has 1 heterocycles. The van der Waals surface area contributed by atoms with Gasteiger partial charge in [-0.3, -0.25) is 4.79 Å². The van der Waals surface area contributed by atoms with Crippen LogP contribution in [0.1, 0.15) is 42.8 Å². The molecule has 0 radical (unpaired) electrons. The number of ether oxygens (including phenoxy) is 4. The normalized spacial score (nSPS) is 21.9. The van der Waals surface area contributed by atoms with Crippen LogP contribution in [0.2, 0.25) is 0 Å². The molecule has 1 aromatic rings. The van der Waals surface area contributed by atoms with Gasteiger partial charge in [-0.15, -0.1) is 0 Å². The Bertz CT molecular complexity index is 636. The minimum atomic E-state index is -1.30. The summed E-state index contributed by atoms with van der Waals surface area (Å²) >= 11 is 0. The Kier molecular flexibility index (Phi) is 4.45. The molecule has 0 saturated heterocycles. The molecule has 2 atom stereocenters. The molecule has 0 fully saturated rings. The maximum absolute atomic E-state index is 12.1. The summed E-state index contributed by atoms with van der Waals surface area (Å²) in [4.78, 5) is 12.1. The zero-order valence-electron chi connectivity index (χ0n) is 14.1. The fourth-order valence-corrected chi connectivity index (χ4v) is 2.82. The second-order valence-electron chi connectivity index (χ2n) is 5.87. The maximum Gasteiger partial charge on any atom is 0.204 e. The molecule has 23 heavy (non-hydrogen) atoms. The summed E-state index contributed by atoms with van der Waals surface area (Å²) in [6.45, 7) is 4.63. The first-order chi connectivity index (χ1) is 10.7. The van der Waals surface area contributed by atoms with Crippen molar-refractivity contribution in [1.29, 1.82) is 0 Å². The van der Waals surface area contributed by atoms with Gasteiger partial charge in [0.05, 0.1) is 26.9 Å². The van der Waals surface area contributed by atoms with E-state index in [4.69, 9.17) is 18.9 Å². The van der Waals surface area contributed by atoms with Gasteiger partial charge in [-0.25, -0.2) is 0 Å². The first kappa shape index (κ1) is 17.4. The summed E-state index contributed by atoms with van der Waals surface area (Å²) in [6, 6.07) is 0. The number of rotatable bonds is 4. The predicted octanol–water partition coefficient (Wildman–Crippen LogP) is 1.48. The zero-order valence-corrected chi connectivity index (χ0v) is 14.1. The fourth-order valence-electron chi connectivity index (χ4n) is 2.82. The van der Waals surface area contributed by atoms with E-state index in [1.54, 1.807) is 13.8 Å². The van der Waals surface area contributed by atoms with E-state index in [0.717, 1.165) is 0 Å². The molecule has 0 spiro atoms. The van der Waals surface area contributed by atoms with Gasteiger partial charge in [0.15, 0.2) is 17.3 Å². The van der Waals surface area contributed by atoms with Crippen LogP contribution in [-0.4, -0.2) is 49.0 Å². The quantitative estimate of drug-likeness (QED) is 0.809. The van der Waals surface area contributed by atoms with Crippen LogP contribution in [0.15, 0.2) is 0 Å². The molecule has 2 N–H and O–H groups in total. The summed E-state index contributed by atoms with van der Waals surface area (Å²) in [6.07, 6.45) is -2.51. The summed E-state index contributed by atoms with van der Waals surface area (Å²) in [7, 11) is 4.17. The smallest absolute Gasteiger partial charge is 0.204 e. The van der Waals surface area contributed by atoms with Crippen molar-refractivity contribution in [2.75, 3.05) is 21.3 Å². The Morgan fingerprint density at radius 2 is 1.57 bits per heavy atom. The highest BCUT2D eigenvalue weighted by Gasteiger charge is 2.47. The lowest BCUT2D eigenvalue weighted by atomic mass is 9.86. The Balaban J connectivity index is 2.93. The first-order valence-electron chi connectivity index (χ1n) is 7.13. The number of hydrogen-bond acceptors (Lipinski definition) is 7. The highest BCUT2D eigenvalue weighted by Crippen LogP contribution is 2.55. The molecule has 0 amide bonds. The topological polar surface area (TPSA) is 94.5 Å². The van der Waals surface area contributed by atoms with Crippen LogP contribution in [0.25, 0.3) is 0 Å². The number of methoxy groups -OCH3 is 3. The van der Waals surface area contributed by atoms with E-state index in [9.17, 15) is 15.0 Å². The molecule has 128 valence electrons. The van der Waals surface area contributed by atoms with Gasteiger partial charge < -0.3 is 29.2 Å². The van der Waals surface area contributed by atoms with Crippen molar-refractivity contribution < 1.29 is 34.0 Å². The number of aliphatic hydroxyl groups excluding tert-OH is 2. The number of carbonyl (C=O) groups excluding carboxylic acids is 1. The van der Waals surface area contributed by atoms with E-state index in [1.165, 1.54) is 28.3 Å². The van der Waals surface area contributed by atoms with E-state index < -0.39 is 17.8 Å². The summed E-state index contributed by atoms with van der Waals surface area (Å²) < 4.78 is 21.8. The Hall–Kier alpha value is -1.99. The van der Waals surface area contributed by atoms with Crippen LogP contribution in [0.5, 0.6) is 23.0 Å². The largest absolute Gasteiger partial charge is 0.495 e. The molecule has 0 saturated carbocycles. The minimum Gasteiger partial charge on any atom is -0.495 e. The van der Waals surface area contributed by atoms with E-state index >= 15 is 0 Å². The van der Waals surface area contributed by atoms with Gasteiger partial charge in [0, 0.05) is 0 Å². The third-order valence-corrected chi connectivity index (χ3v) is 3.99. The summed E-state index contributed by atoms with van der Waals surface area (Å²) in [5, 5.41) is 20.9. The Morgan fingerprint density at radius 1 is 1.04 bits per heavy atom. The number of aliphatic hydroxyl groups is 2. The van der Waals surface area contributed by atoms with Crippen molar-refractivity contribution in [3.63, 3.8) is 0 Å². The molecule has 0 bridgehead atoms. The van der Waals surface area contributed by atoms with Gasteiger partial charge in [-0.2, -0.15) is 0 Å². The van der Waals surface area contributed by atoms with Crippen molar-refractivity contribution in [1.82, 2.24) is 0 Å². The molecule has 1 aliphatic heterocycles. The number of benzene rings is 1. The molecular weight excluding hydrogens is 304 g/mol. The maximum atomic E-state index is 12.1. The zero-order chi connectivity index (χ0) is 17.5. The second-order valence-corrected chi connectivity index (χ2v) is 5.87. The van der Waals surface area contributed by atoms with Crippen molar-refractivity contribution >= 4 is 5.78 Å². The van der Waals surface area contributed by atoms with Gasteiger partial charge in [-0.05, 0) is 20.8 Å². The average Bonchev–Trinajstić information content (AvgIpc) is 2.49. The molecular formula is C16H22O7. The standard InChI is InChI=1S/C16H22O7/c1-7(17)8-11(20-4)9-10(18)15(19)16(2,3)23-13(9)14(22-6)12(8)21-5/h10,15,18-19H,1-6H3/t10-,15+/m1/s1. The predicted molar refractivity (Wildman–Crippen MR) is 81.8 cm³/mol. The van der Waals surface area contributed by atoms with Gasteiger partial charge in [-0.1, -0.05) is 0 Å². The highest BCUT2D eigenvalue weighted by atomic mass is 16.6. The van der Waals surface area contributed by atoms with Crippen LogP contribution in [0.4, 0.5) is 0 Å². The summed E-state index contributed by atoms with van der Waals surface area (Å²) in [5.74, 6) is 0.301. The third-order valence-electron chi connectivity index (χ3n) is 3.99. The third kappa shape index (κ3) is 2.49. The van der Waals surface area contributed by atoms with Crippen LogP contribution in [0.3, 0.4) is 0 Å². The number of ketones is 1. The fraction of sp³-hybridized carbons (Fsp3) is 0.562. The van der Waals surface area contributed by atoms with Gasteiger partial charge in [0.1, 0.15) is 29.1 Å². The highest BCUT2D eigenvalue weighted by molar-refractivity contribution is 6.02. The van der Waals surface area contributed by atoms with Gasteiger partial charge >= 0.3 is 0 Å². The van der Waals surface area contributed by atoms with Crippen molar-refractivity contribution in [3.05, 3.63) is 11.1 Å². The van der Waals surface area contributed by atoms with E-state index in [0.29, 0.717) is 0 Å². The molecule has 7 nitrogen and oxygen atoms in total. The molecule has 0 aliphatic carbocycles. The van der Waals surface area contributed by atoms with Crippen LogP contribution >= 0.6 is 0 Å². The number of hydrogen-bond donors (Lipinski definition) is 2. The van der Waals surface area contributed by atoms with Crippen LogP contribution in [0, 0.1) is 0 Å². The average molecular weight is 326 g/mol. The molecule has 2 rings (SSSR count). The van der Waals surface area contributed by atoms with E-state index in [-0.39, 0.29) is 39.9 Å². The lowest BCUT2D eigenvalue weighted by Crippen LogP contribution is -2.49. The molecule has 0 aromatic heterocycles. The molecule has 0 unspecified atom stereocenters. The van der Waals surface area contributed by atoms with Crippen LogP contribution in [-0.2, 0) is 0 Å². The Labute approximate surface area is 134 Å². The lowest BCUT2D eigenvalue weighted by molar-refractivity contribution is -0.113. The van der Waals surface area contributed by atoms with Crippen molar-refractivity contribution in [3.8, 4) is 23.0 Å². The van der Waals surface area contributed by atoms with E-state index in [2.05, 4.69) is 0 Å². The molecule has 7 heteroatoms. The molecule has 1 aliphatic rings. The number of Topliss-reactive ketones (excluding diaryl/α,β-unsaturated/α-hetero) is 1. The van der Waals surface area contributed by atoms with E-state index in [1.807, 2.05) is 0 Å². The second kappa shape index (κ2) is 5.90. The first-order valence-corrected chi connectivity index (χ1v) is 7.13. The minimum absolute atomic E-state index is 0.104. The summed E-state index contributed by atoms with van der Waals surface area (Å²) in [5.41, 5.74) is -0.768. The number of fused-ring (bicyclic) bond motifs is 1. The molecule has 1 aromatic carbocycles. The monoisotopic (exact) mass is 326 g/mol. The van der Waals surface area contributed by atoms with Gasteiger partial charge in [0.2, 0.25) is 5.75 Å². The Morgan fingerprint density at radius 3 is 2.00 bits per heavy atom. The van der Waals surface area contributed by atoms with Crippen LogP contribution < -0.4 is 18.9 Å². The van der Waals surface area contributed by atoms with Crippen molar-refractivity contribution in [2.24, 2.45) is 0 Å². The van der Waals surface area contributed by atoms with Gasteiger partial charge in [0.25, 0.3) is 0 Å². The van der Waals surface area contributed by atoms with Crippen molar-refractivity contribution in [2.45, 2.75) is 38.6 Å². The number of carbonyl (C=O) groups is 1. The SMILES string of the molecule is COc1c(OC)c(C(C)=O)c(OC)c2c1OC(C)(C)[C@@H](O)[C@@H]2O.